The fraction of sp³-hybridized carbons (Fsp3) is 0.250. The Morgan fingerprint density at radius 3 is 2.78 bits per heavy atom. The molecule has 0 fully saturated rings. The molecule has 0 saturated heterocycles. The van der Waals surface area contributed by atoms with Gasteiger partial charge in [0.1, 0.15) is 0 Å². The van der Waals surface area contributed by atoms with E-state index in [1.807, 2.05) is 12.1 Å². The van der Waals surface area contributed by atoms with Crippen LogP contribution in [-0.4, -0.2) is 18.4 Å². The molecule has 0 amide bonds. The Bertz CT molecular complexity index is 583. The number of ether oxygens (including phenoxy) is 2. The lowest BCUT2D eigenvalue weighted by molar-refractivity contribution is 0.296. The zero-order valence-electron chi connectivity index (χ0n) is 9.48. The summed E-state index contributed by atoms with van der Waals surface area (Å²) in [5, 5.41) is 3.67. The topological polar surface area (TPSA) is 70.5 Å². The maximum atomic E-state index is 5.65. The molecule has 0 bridgehead atoms. The zero-order chi connectivity index (χ0) is 12.5. The van der Waals surface area contributed by atoms with Crippen molar-refractivity contribution in [2.45, 2.75) is 6.42 Å². The lowest BCUT2D eigenvalue weighted by Crippen LogP contribution is -1.97. The van der Waals surface area contributed by atoms with Crippen LogP contribution in [0.25, 0.3) is 11.3 Å². The summed E-state index contributed by atoms with van der Waals surface area (Å²) in [5.41, 5.74) is 6.39. The second-order valence-corrected chi connectivity index (χ2v) is 4.81. The number of nitrogens with zero attached hydrogens (tertiary/aromatic N) is 1. The Kier molecular flexibility index (Phi) is 2.87. The third-order valence-corrected chi connectivity index (χ3v) is 3.20. The Hall–Kier alpha value is -1.69. The van der Waals surface area contributed by atoms with Gasteiger partial charge in [-0.2, -0.15) is 0 Å². The Labute approximate surface area is 112 Å². The highest BCUT2D eigenvalue weighted by atomic mass is 79.9. The van der Waals surface area contributed by atoms with Gasteiger partial charge in [-0.05, 0) is 28.1 Å². The molecule has 0 radical (unpaired) electrons. The van der Waals surface area contributed by atoms with E-state index in [0.29, 0.717) is 30.5 Å². The minimum Gasteiger partial charge on any atom is -0.489 e. The van der Waals surface area contributed by atoms with Crippen LogP contribution in [0.2, 0.25) is 0 Å². The first kappa shape index (κ1) is 11.4. The molecular formula is C12H11BrN2O3. The summed E-state index contributed by atoms with van der Waals surface area (Å²) < 4.78 is 17.2. The van der Waals surface area contributed by atoms with Gasteiger partial charge in [-0.1, -0.05) is 5.16 Å². The number of nitrogens with two attached hydrogens (primary N) is 1. The second-order valence-electron chi connectivity index (χ2n) is 3.95. The normalized spacial score (nSPS) is 14.3. The van der Waals surface area contributed by atoms with Crippen LogP contribution in [0.4, 0.5) is 5.82 Å². The number of halogens is 1. The van der Waals surface area contributed by atoms with E-state index in [-0.39, 0.29) is 0 Å². The monoisotopic (exact) mass is 310 g/mol. The molecule has 0 aliphatic carbocycles. The Balaban J connectivity index is 2.07. The number of benzene rings is 1. The molecule has 2 aromatic rings. The van der Waals surface area contributed by atoms with E-state index in [9.17, 15) is 0 Å². The Morgan fingerprint density at radius 1 is 1.17 bits per heavy atom. The van der Waals surface area contributed by atoms with E-state index in [0.717, 1.165) is 22.2 Å². The molecule has 94 valence electrons. The zero-order valence-corrected chi connectivity index (χ0v) is 11.1. The first-order valence-electron chi connectivity index (χ1n) is 5.56. The van der Waals surface area contributed by atoms with Crippen molar-refractivity contribution in [2.75, 3.05) is 18.9 Å². The van der Waals surface area contributed by atoms with Crippen molar-refractivity contribution >= 4 is 21.7 Å². The van der Waals surface area contributed by atoms with E-state index in [4.69, 9.17) is 19.7 Å². The predicted octanol–water partition coefficient (Wildman–Crippen LogP) is 2.85. The third kappa shape index (κ3) is 2.03. The Morgan fingerprint density at radius 2 is 2.00 bits per heavy atom. The maximum absolute atomic E-state index is 5.65. The van der Waals surface area contributed by atoms with Gasteiger partial charge in [-0.25, -0.2) is 0 Å². The summed E-state index contributed by atoms with van der Waals surface area (Å²) in [6.45, 7) is 1.29. The largest absolute Gasteiger partial charge is 0.489 e. The minimum absolute atomic E-state index is 0.355. The average Bonchev–Trinajstić information content (AvgIpc) is 2.63. The maximum Gasteiger partial charge on any atom is 0.175 e. The van der Waals surface area contributed by atoms with Crippen molar-refractivity contribution in [3.05, 3.63) is 22.7 Å². The van der Waals surface area contributed by atoms with Crippen molar-refractivity contribution in [3.8, 4) is 22.8 Å². The molecule has 0 atom stereocenters. The molecule has 3 rings (SSSR count). The van der Waals surface area contributed by atoms with Crippen LogP contribution in [0, 0.1) is 0 Å². The highest BCUT2D eigenvalue weighted by Crippen LogP contribution is 2.41. The lowest BCUT2D eigenvalue weighted by Gasteiger charge is -2.10. The molecule has 0 unspecified atom stereocenters. The fourth-order valence-electron chi connectivity index (χ4n) is 1.80. The van der Waals surface area contributed by atoms with Crippen LogP contribution in [0.1, 0.15) is 6.42 Å². The van der Waals surface area contributed by atoms with E-state index in [1.54, 1.807) is 6.07 Å². The SMILES string of the molecule is Nc1cc(-c2cc(Br)c3c(c2)OCCCO3)on1. The molecular weight excluding hydrogens is 300 g/mol. The fourth-order valence-corrected chi connectivity index (χ4v) is 2.35. The summed E-state index contributed by atoms with van der Waals surface area (Å²) in [7, 11) is 0. The molecule has 6 heteroatoms. The molecule has 5 nitrogen and oxygen atoms in total. The van der Waals surface area contributed by atoms with Crippen LogP contribution < -0.4 is 15.2 Å². The molecule has 0 saturated carbocycles. The molecule has 0 spiro atoms. The smallest absolute Gasteiger partial charge is 0.175 e. The standard InChI is InChI=1S/C12H11BrN2O3/c13-8-4-7(9-6-11(14)15-18-9)5-10-12(8)17-3-1-2-16-10/h4-6H,1-3H2,(H2,14,15). The van der Waals surface area contributed by atoms with Crippen molar-refractivity contribution in [1.29, 1.82) is 0 Å². The summed E-state index contributed by atoms with van der Waals surface area (Å²) in [6.07, 6.45) is 0.867. The molecule has 2 N–H and O–H groups in total. The number of anilines is 1. The van der Waals surface area contributed by atoms with Gasteiger partial charge < -0.3 is 19.7 Å². The number of rotatable bonds is 1. The number of aromatic nitrogens is 1. The summed E-state index contributed by atoms with van der Waals surface area (Å²) in [4.78, 5) is 0. The van der Waals surface area contributed by atoms with Crippen molar-refractivity contribution < 1.29 is 14.0 Å². The molecule has 18 heavy (non-hydrogen) atoms. The number of fused-ring (bicyclic) bond motifs is 1. The van der Waals surface area contributed by atoms with Crippen molar-refractivity contribution in [2.24, 2.45) is 0 Å². The van der Waals surface area contributed by atoms with Crippen LogP contribution in [0.5, 0.6) is 11.5 Å². The van der Waals surface area contributed by atoms with Gasteiger partial charge in [0.25, 0.3) is 0 Å². The van der Waals surface area contributed by atoms with Gasteiger partial charge in [-0.15, -0.1) is 0 Å². The number of nitrogen functional groups attached to an aromatic ring is 1. The third-order valence-electron chi connectivity index (χ3n) is 2.62. The average molecular weight is 311 g/mol. The number of hydrogen-bond acceptors (Lipinski definition) is 5. The van der Waals surface area contributed by atoms with Crippen LogP contribution in [-0.2, 0) is 0 Å². The van der Waals surface area contributed by atoms with E-state index < -0.39 is 0 Å². The number of hydrogen-bond donors (Lipinski definition) is 1. The molecule has 2 heterocycles. The van der Waals surface area contributed by atoms with E-state index in [2.05, 4.69) is 21.1 Å². The van der Waals surface area contributed by atoms with Crippen molar-refractivity contribution in [3.63, 3.8) is 0 Å². The van der Waals surface area contributed by atoms with E-state index >= 15 is 0 Å². The van der Waals surface area contributed by atoms with Gasteiger partial charge in [0.15, 0.2) is 23.1 Å². The second kappa shape index (κ2) is 4.53. The summed E-state index contributed by atoms with van der Waals surface area (Å²) >= 11 is 3.47. The van der Waals surface area contributed by atoms with Crippen LogP contribution in [0.3, 0.4) is 0 Å². The summed E-state index contributed by atoms with van der Waals surface area (Å²) in [5.74, 6) is 2.38. The van der Waals surface area contributed by atoms with Gasteiger partial charge in [-0.3, -0.25) is 0 Å². The van der Waals surface area contributed by atoms with Gasteiger partial charge in [0.05, 0.1) is 17.7 Å². The van der Waals surface area contributed by atoms with Crippen LogP contribution in [0.15, 0.2) is 27.2 Å². The molecule has 1 aliphatic heterocycles. The first-order chi connectivity index (χ1) is 8.74. The first-order valence-corrected chi connectivity index (χ1v) is 6.35. The summed E-state index contributed by atoms with van der Waals surface area (Å²) in [6, 6.07) is 5.44. The quantitative estimate of drug-likeness (QED) is 0.877. The highest BCUT2D eigenvalue weighted by Gasteiger charge is 2.17. The minimum atomic E-state index is 0.355. The van der Waals surface area contributed by atoms with Gasteiger partial charge in [0, 0.05) is 18.1 Å². The van der Waals surface area contributed by atoms with Crippen LogP contribution >= 0.6 is 15.9 Å². The van der Waals surface area contributed by atoms with Gasteiger partial charge >= 0.3 is 0 Å². The predicted molar refractivity (Wildman–Crippen MR) is 69.7 cm³/mol. The highest BCUT2D eigenvalue weighted by molar-refractivity contribution is 9.10. The molecule has 1 aliphatic rings. The van der Waals surface area contributed by atoms with Crippen molar-refractivity contribution in [1.82, 2.24) is 5.16 Å². The molecule has 1 aromatic heterocycles. The van der Waals surface area contributed by atoms with E-state index in [1.165, 1.54) is 0 Å². The lowest BCUT2D eigenvalue weighted by atomic mass is 10.1. The molecule has 1 aromatic carbocycles. The van der Waals surface area contributed by atoms with Gasteiger partial charge in [0.2, 0.25) is 0 Å².